The van der Waals surface area contributed by atoms with Gasteiger partial charge in [-0.2, -0.15) is 0 Å². The molecule has 8 nitrogen and oxygen atoms in total. The predicted molar refractivity (Wildman–Crippen MR) is 148 cm³/mol. The van der Waals surface area contributed by atoms with E-state index in [-0.39, 0.29) is 45.1 Å². The minimum atomic E-state index is -0.766. The number of fused-ring (bicyclic) bond motifs is 2. The van der Waals surface area contributed by atoms with Crippen molar-refractivity contribution >= 4 is 22.9 Å². The molecule has 1 aliphatic carbocycles. The predicted octanol–water partition coefficient (Wildman–Crippen LogP) is 6.27. The lowest BCUT2D eigenvalue weighted by atomic mass is 9.81. The first-order valence-corrected chi connectivity index (χ1v) is 12.6. The van der Waals surface area contributed by atoms with Crippen molar-refractivity contribution in [3.63, 3.8) is 0 Å². The first kappa shape index (κ1) is 25.7. The quantitative estimate of drug-likeness (QED) is 0.144. The van der Waals surface area contributed by atoms with Gasteiger partial charge in [-0.3, -0.25) is 9.59 Å². The summed E-state index contributed by atoms with van der Waals surface area (Å²) in [6, 6.07) is 17.0. The van der Waals surface area contributed by atoms with E-state index in [4.69, 9.17) is 20.9 Å². The first-order valence-electron chi connectivity index (χ1n) is 12.6. The second-order valence-electron chi connectivity index (χ2n) is 9.55. The van der Waals surface area contributed by atoms with Crippen molar-refractivity contribution in [3.8, 4) is 34.5 Å². The number of unbranched alkanes of at least 4 members (excludes halogenated alkanes) is 1. The number of nitrogen functional groups attached to an aromatic ring is 2. The highest BCUT2D eigenvalue weighted by molar-refractivity contribution is 6.33. The Balaban J connectivity index is 1.53. The Hall–Kier alpha value is -4.98. The molecule has 0 aliphatic heterocycles. The zero-order chi connectivity index (χ0) is 27.8. The van der Waals surface area contributed by atoms with Crippen LogP contribution in [0, 0.1) is 6.92 Å². The summed E-state index contributed by atoms with van der Waals surface area (Å²) in [5.41, 5.74) is 13.2. The summed E-state index contributed by atoms with van der Waals surface area (Å²) in [6.07, 6.45) is 3.09. The lowest BCUT2D eigenvalue weighted by molar-refractivity contribution is 0.0974. The van der Waals surface area contributed by atoms with Crippen LogP contribution in [0.25, 0.3) is 0 Å². The SMILES string of the molecule is CCCCc1ccc(Oc2cc(N)c3c(c2O)C(=O)c2c(N)cc(Oc4ccc(C)cc4)c(O)c2C3=O)cc1. The Morgan fingerprint density at radius 1 is 0.692 bits per heavy atom. The van der Waals surface area contributed by atoms with Crippen LogP contribution in [0.2, 0.25) is 0 Å². The van der Waals surface area contributed by atoms with Gasteiger partial charge in [-0.25, -0.2) is 0 Å². The second-order valence-corrected chi connectivity index (χ2v) is 9.55. The van der Waals surface area contributed by atoms with Gasteiger partial charge in [-0.1, -0.05) is 43.2 Å². The molecule has 39 heavy (non-hydrogen) atoms. The lowest BCUT2D eigenvalue weighted by Crippen LogP contribution is -2.24. The summed E-state index contributed by atoms with van der Waals surface area (Å²) in [5.74, 6) is -1.97. The van der Waals surface area contributed by atoms with E-state index >= 15 is 0 Å². The number of aryl methyl sites for hydroxylation is 2. The maximum atomic E-state index is 13.6. The van der Waals surface area contributed by atoms with Crippen LogP contribution in [0.15, 0.2) is 60.7 Å². The number of ether oxygens (including phenoxy) is 2. The molecule has 0 heterocycles. The number of phenols is 2. The molecule has 0 atom stereocenters. The van der Waals surface area contributed by atoms with Crippen LogP contribution < -0.4 is 20.9 Å². The largest absolute Gasteiger partial charge is 0.504 e. The molecule has 1 aliphatic rings. The number of aromatic hydroxyl groups is 2. The number of ketones is 2. The van der Waals surface area contributed by atoms with Crippen molar-refractivity contribution in [3.05, 3.63) is 94.0 Å². The molecule has 198 valence electrons. The van der Waals surface area contributed by atoms with Crippen LogP contribution in [0.4, 0.5) is 11.4 Å². The van der Waals surface area contributed by atoms with Gasteiger partial charge in [0, 0.05) is 23.5 Å². The molecule has 0 unspecified atom stereocenters. The van der Waals surface area contributed by atoms with Gasteiger partial charge in [0.1, 0.15) is 11.5 Å². The maximum absolute atomic E-state index is 13.6. The molecule has 0 bridgehead atoms. The smallest absolute Gasteiger partial charge is 0.200 e. The Morgan fingerprint density at radius 2 is 1.13 bits per heavy atom. The summed E-state index contributed by atoms with van der Waals surface area (Å²) in [5, 5.41) is 22.0. The molecular weight excluding hydrogens is 496 g/mol. The fourth-order valence-corrected chi connectivity index (χ4v) is 4.64. The van der Waals surface area contributed by atoms with Gasteiger partial charge in [-0.15, -0.1) is 0 Å². The average Bonchev–Trinajstić information content (AvgIpc) is 2.91. The van der Waals surface area contributed by atoms with Gasteiger partial charge >= 0.3 is 0 Å². The molecule has 8 heteroatoms. The van der Waals surface area contributed by atoms with Crippen molar-refractivity contribution < 1.29 is 29.3 Å². The third-order valence-electron chi connectivity index (χ3n) is 6.72. The third kappa shape index (κ3) is 4.61. The first-order chi connectivity index (χ1) is 18.7. The summed E-state index contributed by atoms with van der Waals surface area (Å²) in [7, 11) is 0. The molecule has 0 amide bonds. The van der Waals surface area contributed by atoms with E-state index in [0.717, 1.165) is 30.4 Å². The number of phenolic OH excluding ortho intramolecular Hbond substituents is 2. The molecule has 5 rings (SSSR count). The molecule has 0 saturated heterocycles. The highest BCUT2D eigenvalue weighted by Gasteiger charge is 2.40. The second kappa shape index (κ2) is 10.1. The van der Waals surface area contributed by atoms with Gasteiger partial charge in [0.25, 0.3) is 0 Å². The van der Waals surface area contributed by atoms with Crippen LogP contribution >= 0.6 is 0 Å². The number of hydrogen-bond acceptors (Lipinski definition) is 8. The molecule has 0 aromatic heterocycles. The summed E-state index contributed by atoms with van der Waals surface area (Å²) in [4.78, 5) is 27.2. The maximum Gasteiger partial charge on any atom is 0.200 e. The van der Waals surface area contributed by atoms with E-state index in [1.165, 1.54) is 12.1 Å². The summed E-state index contributed by atoms with van der Waals surface area (Å²) >= 11 is 0. The highest BCUT2D eigenvalue weighted by Crippen LogP contribution is 2.48. The van der Waals surface area contributed by atoms with Crippen molar-refractivity contribution in [1.82, 2.24) is 0 Å². The molecular formula is C31H28N2O6. The number of rotatable bonds is 7. The van der Waals surface area contributed by atoms with Crippen LogP contribution in [-0.2, 0) is 6.42 Å². The number of carbonyl (C=O) groups is 2. The topological polar surface area (TPSA) is 145 Å². The van der Waals surface area contributed by atoms with Gasteiger partial charge in [-0.05, 0) is 49.6 Å². The van der Waals surface area contributed by atoms with Crippen molar-refractivity contribution in [2.75, 3.05) is 11.5 Å². The molecule has 6 N–H and O–H groups in total. The van der Waals surface area contributed by atoms with Crippen molar-refractivity contribution in [1.29, 1.82) is 0 Å². The van der Waals surface area contributed by atoms with E-state index in [1.54, 1.807) is 24.3 Å². The Morgan fingerprint density at radius 3 is 1.56 bits per heavy atom. The highest BCUT2D eigenvalue weighted by atomic mass is 16.5. The van der Waals surface area contributed by atoms with Crippen molar-refractivity contribution in [2.45, 2.75) is 33.1 Å². The molecule has 0 radical (unpaired) electrons. The van der Waals surface area contributed by atoms with Gasteiger partial charge in [0.15, 0.2) is 23.0 Å². The number of benzene rings is 4. The molecule has 0 fully saturated rings. The minimum absolute atomic E-state index is 0.0840. The average molecular weight is 525 g/mol. The van der Waals surface area contributed by atoms with Crippen LogP contribution in [0.3, 0.4) is 0 Å². The number of anilines is 2. The van der Waals surface area contributed by atoms with E-state index in [9.17, 15) is 19.8 Å². The standard InChI is InChI=1S/C31H28N2O6/c1-3-4-5-17-8-12-19(13-9-17)39-23-15-21(33)25-27(29(23)35)31(37)24-20(32)14-22(28(34)26(24)30(25)36)38-18-10-6-16(2)7-11-18/h6-15,34-35H,3-5,32-33H2,1-2H3. The minimum Gasteiger partial charge on any atom is -0.504 e. The van der Waals surface area contributed by atoms with E-state index < -0.39 is 23.1 Å². The number of nitrogens with two attached hydrogens (primary N) is 2. The molecule has 4 aromatic rings. The Labute approximate surface area is 225 Å². The summed E-state index contributed by atoms with van der Waals surface area (Å²) in [6.45, 7) is 4.04. The molecule has 4 aromatic carbocycles. The van der Waals surface area contributed by atoms with E-state index in [2.05, 4.69) is 6.92 Å². The zero-order valence-corrected chi connectivity index (χ0v) is 21.6. The zero-order valence-electron chi connectivity index (χ0n) is 21.6. The number of hydrogen-bond donors (Lipinski definition) is 4. The van der Waals surface area contributed by atoms with Crippen LogP contribution in [0.1, 0.15) is 62.7 Å². The van der Waals surface area contributed by atoms with Gasteiger partial charge < -0.3 is 31.2 Å². The van der Waals surface area contributed by atoms with Gasteiger partial charge in [0.2, 0.25) is 11.6 Å². The van der Waals surface area contributed by atoms with E-state index in [1.807, 2.05) is 31.2 Å². The number of carbonyl (C=O) groups excluding carboxylic acids is 2. The summed E-state index contributed by atoms with van der Waals surface area (Å²) < 4.78 is 11.6. The van der Waals surface area contributed by atoms with Crippen LogP contribution in [-0.4, -0.2) is 21.8 Å². The third-order valence-corrected chi connectivity index (χ3v) is 6.72. The van der Waals surface area contributed by atoms with E-state index in [0.29, 0.717) is 11.5 Å². The Bertz CT molecular complexity index is 1610. The van der Waals surface area contributed by atoms with Gasteiger partial charge in [0.05, 0.1) is 22.3 Å². The van der Waals surface area contributed by atoms with Crippen molar-refractivity contribution in [2.24, 2.45) is 0 Å². The lowest BCUT2D eigenvalue weighted by Gasteiger charge is -2.24. The fraction of sp³-hybridized carbons (Fsp3) is 0.161. The molecule has 0 spiro atoms. The molecule has 0 saturated carbocycles. The normalized spacial score (nSPS) is 12.2. The Kier molecular flexibility index (Phi) is 6.62. The fourth-order valence-electron chi connectivity index (χ4n) is 4.64. The van der Waals surface area contributed by atoms with Crippen LogP contribution in [0.5, 0.6) is 34.5 Å². The monoisotopic (exact) mass is 524 g/mol.